The van der Waals surface area contributed by atoms with Gasteiger partial charge in [0, 0.05) is 14.2 Å². The number of hydrogen-bond acceptors (Lipinski definition) is 3. The molecular formula is C9H19NO2. The molecule has 0 rings (SSSR count). The molecule has 0 saturated heterocycles. The summed E-state index contributed by atoms with van der Waals surface area (Å²) in [5, 5.41) is 3.14. The number of nitrogens with one attached hydrogen (secondary N) is 1. The highest BCUT2D eigenvalue weighted by molar-refractivity contribution is 4.75. The summed E-state index contributed by atoms with van der Waals surface area (Å²) >= 11 is 0. The van der Waals surface area contributed by atoms with Crippen LogP contribution in [-0.4, -0.2) is 33.6 Å². The molecule has 0 bridgehead atoms. The van der Waals surface area contributed by atoms with Crippen LogP contribution in [-0.2, 0) is 9.47 Å². The minimum atomic E-state index is -0.171. The van der Waals surface area contributed by atoms with Crippen molar-refractivity contribution in [3.8, 4) is 0 Å². The molecule has 12 heavy (non-hydrogen) atoms. The van der Waals surface area contributed by atoms with Crippen LogP contribution < -0.4 is 5.32 Å². The zero-order valence-electron chi connectivity index (χ0n) is 8.17. The van der Waals surface area contributed by atoms with Crippen LogP contribution in [0.25, 0.3) is 0 Å². The molecule has 0 saturated carbocycles. The quantitative estimate of drug-likeness (QED) is 0.463. The fraction of sp³-hybridized carbons (Fsp3) is 0.778. The van der Waals surface area contributed by atoms with Gasteiger partial charge in [0.25, 0.3) is 0 Å². The highest BCUT2D eigenvalue weighted by atomic mass is 16.7. The van der Waals surface area contributed by atoms with Crippen molar-refractivity contribution in [1.29, 1.82) is 0 Å². The molecule has 1 N–H and O–H groups in total. The Hall–Kier alpha value is -0.380. The molecule has 3 heteroatoms. The highest BCUT2D eigenvalue weighted by Crippen LogP contribution is 2.06. The third-order valence-corrected chi connectivity index (χ3v) is 1.85. The number of rotatable bonds is 7. The van der Waals surface area contributed by atoms with Gasteiger partial charge in [-0.1, -0.05) is 6.08 Å². The van der Waals surface area contributed by atoms with Gasteiger partial charge in [-0.15, -0.1) is 6.58 Å². The lowest BCUT2D eigenvalue weighted by Gasteiger charge is -2.23. The standard InChI is InChI=1S/C9H19NO2/c1-5-6-7-8(10-2)9(11-3)12-4/h5,8-10H,1,6-7H2,2-4H3. The minimum absolute atomic E-state index is 0.171. The molecule has 72 valence electrons. The highest BCUT2D eigenvalue weighted by Gasteiger charge is 2.17. The number of allylic oxidation sites excluding steroid dienone is 1. The molecule has 0 fully saturated rings. The monoisotopic (exact) mass is 173 g/mol. The van der Waals surface area contributed by atoms with Crippen molar-refractivity contribution >= 4 is 0 Å². The van der Waals surface area contributed by atoms with E-state index in [4.69, 9.17) is 9.47 Å². The Morgan fingerprint density at radius 1 is 1.42 bits per heavy atom. The molecule has 0 aromatic carbocycles. The second kappa shape index (κ2) is 7.28. The summed E-state index contributed by atoms with van der Waals surface area (Å²) in [6.07, 6.45) is 3.67. The summed E-state index contributed by atoms with van der Waals surface area (Å²) in [5.74, 6) is 0. The van der Waals surface area contributed by atoms with Crippen molar-refractivity contribution in [2.24, 2.45) is 0 Å². The summed E-state index contributed by atoms with van der Waals surface area (Å²) in [6, 6.07) is 0.234. The molecule has 0 aromatic heterocycles. The molecule has 0 amide bonds. The van der Waals surface area contributed by atoms with Gasteiger partial charge in [-0.2, -0.15) is 0 Å². The average molecular weight is 173 g/mol. The second-order valence-electron chi connectivity index (χ2n) is 2.60. The fourth-order valence-corrected chi connectivity index (χ4v) is 1.14. The van der Waals surface area contributed by atoms with Crippen molar-refractivity contribution in [3.63, 3.8) is 0 Å². The van der Waals surface area contributed by atoms with E-state index in [1.54, 1.807) is 14.2 Å². The predicted molar refractivity (Wildman–Crippen MR) is 50.1 cm³/mol. The van der Waals surface area contributed by atoms with Crippen LogP contribution in [0.1, 0.15) is 12.8 Å². The maximum absolute atomic E-state index is 5.13. The maximum atomic E-state index is 5.13. The van der Waals surface area contributed by atoms with Gasteiger partial charge in [-0.25, -0.2) is 0 Å². The third-order valence-electron chi connectivity index (χ3n) is 1.85. The van der Waals surface area contributed by atoms with E-state index in [1.165, 1.54) is 0 Å². The lowest BCUT2D eigenvalue weighted by molar-refractivity contribution is -0.122. The van der Waals surface area contributed by atoms with Crippen LogP contribution in [0.3, 0.4) is 0 Å². The summed E-state index contributed by atoms with van der Waals surface area (Å²) in [7, 11) is 5.19. The Morgan fingerprint density at radius 2 is 2.00 bits per heavy atom. The van der Waals surface area contributed by atoms with E-state index < -0.39 is 0 Å². The van der Waals surface area contributed by atoms with Gasteiger partial charge >= 0.3 is 0 Å². The van der Waals surface area contributed by atoms with Gasteiger partial charge in [0.05, 0.1) is 6.04 Å². The largest absolute Gasteiger partial charge is 0.354 e. The molecule has 0 aromatic rings. The van der Waals surface area contributed by atoms with Crippen molar-refractivity contribution in [2.45, 2.75) is 25.2 Å². The third kappa shape index (κ3) is 3.85. The SMILES string of the molecule is C=CCCC(NC)C(OC)OC. The first-order valence-corrected chi connectivity index (χ1v) is 4.13. The lowest BCUT2D eigenvalue weighted by atomic mass is 10.1. The minimum Gasteiger partial charge on any atom is -0.354 e. The van der Waals surface area contributed by atoms with E-state index in [-0.39, 0.29) is 12.3 Å². The van der Waals surface area contributed by atoms with Gasteiger partial charge in [-0.3, -0.25) is 0 Å². The van der Waals surface area contributed by atoms with Crippen LogP contribution in [0.5, 0.6) is 0 Å². The molecule has 1 atom stereocenters. The average Bonchev–Trinajstić information content (AvgIpc) is 2.12. The number of methoxy groups -OCH3 is 2. The van der Waals surface area contributed by atoms with Gasteiger partial charge in [0.15, 0.2) is 6.29 Å². The topological polar surface area (TPSA) is 30.5 Å². The number of likely N-dealkylation sites (N-methyl/N-ethyl adjacent to an activating group) is 1. The Labute approximate surface area is 74.7 Å². The molecule has 1 unspecified atom stereocenters. The summed E-state index contributed by atoms with van der Waals surface area (Å²) < 4.78 is 10.3. The molecule has 0 heterocycles. The van der Waals surface area contributed by atoms with E-state index in [9.17, 15) is 0 Å². The number of ether oxygens (including phenoxy) is 2. The van der Waals surface area contributed by atoms with Gasteiger partial charge in [0.1, 0.15) is 0 Å². The molecule has 0 aliphatic heterocycles. The van der Waals surface area contributed by atoms with E-state index in [0.29, 0.717) is 0 Å². The van der Waals surface area contributed by atoms with Crippen molar-refractivity contribution in [2.75, 3.05) is 21.3 Å². The van der Waals surface area contributed by atoms with Crippen LogP contribution in [0.4, 0.5) is 0 Å². The van der Waals surface area contributed by atoms with E-state index >= 15 is 0 Å². The van der Waals surface area contributed by atoms with E-state index in [2.05, 4.69) is 11.9 Å². The molecule has 0 radical (unpaired) electrons. The van der Waals surface area contributed by atoms with Crippen LogP contribution in [0.15, 0.2) is 12.7 Å². The van der Waals surface area contributed by atoms with Gasteiger partial charge < -0.3 is 14.8 Å². The normalized spacial score (nSPS) is 13.3. The zero-order valence-corrected chi connectivity index (χ0v) is 8.17. The molecule has 3 nitrogen and oxygen atoms in total. The molecule has 0 aliphatic rings. The van der Waals surface area contributed by atoms with Crippen LogP contribution in [0, 0.1) is 0 Å². The first kappa shape index (κ1) is 11.6. The van der Waals surface area contributed by atoms with Crippen molar-refractivity contribution in [3.05, 3.63) is 12.7 Å². The first-order chi connectivity index (χ1) is 5.79. The van der Waals surface area contributed by atoms with Crippen LogP contribution >= 0.6 is 0 Å². The maximum Gasteiger partial charge on any atom is 0.171 e. The molecule has 0 aliphatic carbocycles. The van der Waals surface area contributed by atoms with Gasteiger partial charge in [0.2, 0.25) is 0 Å². The summed E-state index contributed by atoms with van der Waals surface area (Å²) in [4.78, 5) is 0. The van der Waals surface area contributed by atoms with Crippen molar-refractivity contribution < 1.29 is 9.47 Å². The Morgan fingerprint density at radius 3 is 2.33 bits per heavy atom. The van der Waals surface area contributed by atoms with Gasteiger partial charge in [-0.05, 0) is 19.9 Å². The predicted octanol–water partition coefficient (Wildman–Crippen LogP) is 1.16. The Bertz CT molecular complexity index is 113. The molecular weight excluding hydrogens is 154 g/mol. The molecule has 0 spiro atoms. The van der Waals surface area contributed by atoms with E-state index in [0.717, 1.165) is 12.8 Å². The zero-order chi connectivity index (χ0) is 9.40. The Kier molecular flexibility index (Phi) is 7.05. The first-order valence-electron chi connectivity index (χ1n) is 4.13. The summed E-state index contributed by atoms with van der Waals surface area (Å²) in [5.41, 5.74) is 0. The Balaban J connectivity index is 3.83. The number of hydrogen-bond donors (Lipinski definition) is 1. The smallest absolute Gasteiger partial charge is 0.171 e. The lowest BCUT2D eigenvalue weighted by Crippen LogP contribution is -2.39. The van der Waals surface area contributed by atoms with Crippen LogP contribution in [0.2, 0.25) is 0 Å². The fourth-order valence-electron chi connectivity index (χ4n) is 1.14. The van der Waals surface area contributed by atoms with E-state index in [1.807, 2.05) is 13.1 Å². The summed E-state index contributed by atoms with van der Waals surface area (Å²) in [6.45, 7) is 3.67. The van der Waals surface area contributed by atoms with Crippen molar-refractivity contribution in [1.82, 2.24) is 5.32 Å². The second-order valence-corrected chi connectivity index (χ2v) is 2.60.